The molecule has 1 fully saturated rings. The number of amides is 2. The van der Waals surface area contributed by atoms with Crippen LogP contribution in [0.1, 0.15) is 72.8 Å². The van der Waals surface area contributed by atoms with Gasteiger partial charge in [-0.2, -0.15) is 0 Å². The third kappa shape index (κ3) is 14.6. The smallest absolute Gasteiger partial charge is 0.258 e. The highest BCUT2D eigenvalue weighted by Gasteiger charge is 2.32. The lowest BCUT2D eigenvalue weighted by Crippen LogP contribution is -2.55. The molecule has 0 bridgehead atoms. The lowest BCUT2D eigenvalue weighted by molar-refractivity contribution is -0.936. The number of nitrogens with zero attached hydrogens (tertiary/aromatic N) is 7. The standard InChI is InChI=1S/C38H51N7O4.C6H7ClN4O/c1-30-9-6-20-45(27-30,21-7-12-31-10-4-14-33(23-31)48-28-37(46)41-25-35-39-16-18-43(35)2)22-8-13-32-11-5-15-34(24-32)49-29-38(47)42-26-36-40-17-19-44(36)3;1-2(12)3-5(8)11-6(9)4(7)10-3/h4-5,10-11,14-19,23-24,30H,6-9,12-13,20-22,25-29H2,1-3H3,(H-,41,42,46,47);1H3,(H4,8,9,11)/p+1. The number of likely N-dealkylation sites (tertiary alicyclic amines) is 1. The molecule has 0 aliphatic carbocycles. The van der Waals surface area contributed by atoms with Crippen molar-refractivity contribution in [3.05, 3.63) is 107 Å². The number of piperidine rings is 1. The average Bonchev–Trinajstić information content (AvgIpc) is 3.85. The van der Waals surface area contributed by atoms with Gasteiger partial charge in [0.1, 0.15) is 28.8 Å². The first kappa shape index (κ1) is 46.1. The third-order valence-corrected chi connectivity index (χ3v) is 11.0. The minimum absolute atomic E-state index is 0.00407. The number of aryl methyl sites for hydroxylation is 4. The molecule has 3 aromatic heterocycles. The zero-order valence-corrected chi connectivity index (χ0v) is 36.4. The summed E-state index contributed by atoms with van der Waals surface area (Å²) in [6, 6.07) is 16.3. The van der Waals surface area contributed by atoms with E-state index in [9.17, 15) is 14.4 Å². The number of aromatic nitrogens is 6. The molecule has 2 amide bonds. The number of ketones is 1. The van der Waals surface area contributed by atoms with Crippen molar-refractivity contribution in [1.82, 2.24) is 39.7 Å². The number of hydrogen-bond donors (Lipinski definition) is 4. The number of rotatable bonds is 19. The molecule has 6 N–H and O–H groups in total. The highest BCUT2D eigenvalue weighted by molar-refractivity contribution is 6.31. The number of quaternary nitrogens is 1. The van der Waals surface area contributed by atoms with E-state index in [1.165, 1.54) is 48.5 Å². The number of anilines is 2. The van der Waals surface area contributed by atoms with Crippen molar-refractivity contribution in [2.75, 3.05) is 50.9 Å². The Bertz CT molecular complexity index is 2120. The van der Waals surface area contributed by atoms with Gasteiger partial charge < -0.3 is 45.2 Å². The van der Waals surface area contributed by atoms with E-state index in [0.29, 0.717) is 13.1 Å². The normalized spacial score (nSPS) is 14.3. The predicted molar refractivity (Wildman–Crippen MR) is 235 cm³/mol. The first-order valence-corrected chi connectivity index (χ1v) is 21.0. The van der Waals surface area contributed by atoms with Gasteiger partial charge in [0, 0.05) is 64.6 Å². The number of nitrogen functional groups attached to an aromatic ring is 2. The number of benzene rings is 2. The van der Waals surface area contributed by atoms with Crippen LogP contribution in [0.2, 0.25) is 5.15 Å². The largest absolute Gasteiger partial charge is 0.484 e. The molecule has 61 heavy (non-hydrogen) atoms. The topological polar surface area (TPSA) is 207 Å². The first-order chi connectivity index (χ1) is 29.3. The predicted octanol–water partition coefficient (Wildman–Crippen LogP) is 4.85. The van der Waals surface area contributed by atoms with E-state index < -0.39 is 0 Å². The summed E-state index contributed by atoms with van der Waals surface area (Å²) in [7, 11) is 3.81. The van der Waals surface area contributed by atoms with Crippen LogP contribution in [0.25, 0.3) is 0 Å². The Morgan fingerprint density at radius 3 is 1.80 bits per heavy atom. The SMILES string of the molecule is CC(=O)c1nc(Cl)c(N)nc1N.CC1CCC[N+](CCCc2cccc(OCC(=O)NCc3nccn3C)c2)(CCCc2cccc(OCC(=O)NCc3nccn3C)c2)C1. The average molecular weight is 857 g/mol. The van der Waals surface area contributed by atoms with Gasteiger partial charge >= 0.3 is 0 Å². The molecule has 1 unspecified atom stereocenters. The van der Waals surface area contributed by atoms with Gasteiger partial charge in [-0.25, -0.2) is 19.9 Å². The second-order valence-electron chi connectivity index (χ2n) is 15.7. The number of nitrogens with one attached hydrogen (secondary N) is 2. The Hall–Kier alpha value is -6.00. The summed E-state index contributed by atoms with van der Waals surface area (Å²) >= 11 is 5.52. The second-order valence-corrected chi connectivity index (χ2v) is 16.0. The molecule has 5 aromatic rings. The van der Waals surface area contributed by atoms with Crippen LogP contribution in [0.4, 0.5) is 11.6 Å². The Kier molecular flexibility index (Phi) is 17.0. The fourth-order valence-corrected chi connectivity index (χ4v) is 7.67. The van der Waals surface area contributed by atoms with Crippen molar-refractivity contribution in [1.29, 1.82) is 0 Å². The van der Waals surface area contributed by atoms with Crippen LogP contribution < -0.4 is 31.6 Å². The van der Waals surface area contributed by atoms with Crippen LogP contribution in [0.15, 0.2) is 73.3 Å². The molecule has 1 aliphatic heterocycles. The minimum Gasteiger partial charge on any atom is -0.484 e. The van der Waals surface area contributed by atoms with E-state index in [1.807, 2.05) is 59.9 Å². The molecule has 0 radical (unpaired) electrons. The summed E-state index contributed by atoms with van der Waals surface area (Å²) in [6.45, 7) is 9.19. The maximum absolute atomic E-state index is 12.3. The van der Waals surface area contributed by atoms with Gasteiger partial charge in [0.25, 0.3) is 11.8 Å². The van der Waals surface area contributed by atoms with Gasteiger partial charge in [-0.15, -0.1) is 0 Å². The molecule has 17 heteroatoms. The van der Waals surface area contributed by atoms with E-state index in [0.717, 1.165) is 67.8 Å². The first-order valence-electron chi connectivity index (χ1n) is 20.6. The lowest BCUT2D eigenvalue weighted by Gasteiger charge is -2.44. The van der Waals surface area contributed by atoms with Crippen molar-refractivity contribution in [3.63, 3.8) is 0 Å². The molecule has 2 aromatic carbocycles. The minimum atomic E-state index is -0.290. The number of carbonyl (C=O) groups excluding carboxylic acids is 3. The molecule has 1 aliphatic rings. The number of Topliss-reactive ketones (excluding diaryl/α,β-unsaturated/α-hetero) is 1. The van der Waals surface area contributed by atoms with Crippen molar-refractivity contribution in [2.24, 2.45) is 20.0 Å². The second kappa shape index (κ2) is 22.6. The molecule has 16 nitrogen and oxygen atoms in total. The van der Waals surface area contributed by atoms with Gasteiger partial charge in [-0.05, 0) is 61.1 Å². The third-order valence-electron chi connectivity index (χ3n) is 10.7. The van der Waals surface area contributed by atoms with E-state index >= 15 is 0 Å². The van der Waals surface area contributed by atoms with E-state index in [-0.39, 0.29) is 53.3 Å². The van der Waals surface area contributed by atoms with Crippen molar-refractivity contribution in [3.8, 4) is 11.5 Å². The molecular formula is C44H59ClN11O5+. The number of nitrogens with two attached hydrogens (primary N) is 2. The van der Waals surface area contributed by atoms with Gasteiger partial charge in [0.2, 0.25) is 0 Å². The van der Waals surface area contributed by atoms with Crippen LogP contribution in [0.3, 0.4) is 0 Å². The summed E-state index contributed by atoms with van der Waals surface area (Å²) in [4.78, 5) is 51.3. The van der Waals surface area contributed by atoms with Crippen LogP contribution in [0, 0.1) is 5.92 Å². The Morgan fingerprint density at radius 2 is 1.34 bits per heavy atom. The number of ether oxygens (including phenoxy) is 2. The molecule has 0 saturated carbocycles. The van der Waals surface area contributed by atoms with Crippen molar-refractivity contribution in [2.45, 2.75) is 65.5 Å². The summed E-state index contributed by atoms with van der Waals surface area (Å²) in [5, 5.41) is 5.73. The van der Waals surface area contributed by atoms with Crippen LogP contribution in [-0.4, -0.2) is 90.5 Å². The summed E-state index contributed by atoms with van der Waals surface area (Å²) in [5.74, 6) is 3.17. The summed E-state index contributed by atoms with van der Waals surface area (Å²) in [6.07, 6.45) is 13.9. The van der Waals surface area contributed by atoms with Crippen molar-refractivity contribution >= 4 is 40.8 Å². The fraction of sp³-hybridized carbons (Fsp3) is 0.432. The summed E-state index contributed by atoms with van der Waals surface area (Å²) in [5.41, 5.74) is 13.2. The van der Waals surface area contributed by atoms with Gasteiger partial charge in [0.05, 0.1) is 39.3 Å². The number of imidazole rings is 2. The Morgan fingerprint density at radius 1 is 0.820 bits per heavy atom. The van der Waals surface area contributed by atoms with Crippen molar-refractivity contribution < 1.29 is 28.3 Å². The van der Waals surface area contributed by atoms with E-state index in [2.05, 4.69) is 61.8 Å². The number of halogens is 1. The van der Waals surface area contributed by atoms with Gasteiger partial charge in [-0.3, -0.25) is 14.4 Å². The van der Waals surface area contributed by atoms with E-state index in [4.69, 9.17) is 32.5 Å². The number of hydrogen-bond acceptors (Lipinski definition) is 11. The zero-order valence-electron chi connectivity index (χ0n) is 35.6. The van der Waals surface area contributed by atoms with Crippen LogP contribution >= 0.6 is 11.6 Å². The summed E-state index contributed by atoms with van der Waals surface area (Å²) < 4.78 is 16.6. The van der Waals surface area contributed by atoms with Crippen LogP contribution in [0.5, 0.6) is 11.5 Å². The molecule has 1 saturated heterocycles. The highest BCUT2D eigenvalue weighted by Crippen LogP contribution is 2.26. The Labute approximate surface area is 362 Å². The molecule has 0 spiro atoms. The lowest BCUT2D eigenvalue weighted by atomic mass is 9.95. The van der Waals surface area contributed by atoms with Gasteiger partial charge in [0.15, 0.2) is 35.8 Å². The maximum Gasteiger partial charge on any atom is 0.258 e. The molecule has 1 atom stereocenters. The molecule has 4 heterocycles. The zero-order chi connectivity index (χ0) is 43.8. The quantitative estimate of drug-likeness (QED) is 0.0652. The highest BCUT2D eigenvalue weighted by atomic mass is 35.5. The molecular weight excluding hydrogens is 798 g/mol. The molecule has 6 rings (SSSR count). The van der Waals surface area contributed by atoms with E-state index in [1.54, 1.807) is 12.4 Å². The maximum atomic E-state index is 12.3. The van der Waals surface area contributed by atoms with Crippen LogP contribution in [-0.2, 0) is 49.6 Å². The fourth-order valence-electron chi connectivity index (χ4n) is 7.55. The number of carbonyl (C=O) groups is 3. The molecule has 326 valence electrons. The Balaban J connectivity index is 0.000000505. The monoisotopic (exact) mass is 856 g/mol. The van der Waals surface area contributed by atoms with Gasteiger partial charge in [-0.1, -0.05) is 42.8 Å².